The largest absolute Gasteiger partial charge is 0.394 e. The second kappa shape index (κ2) is 5.93. The SMILES string of the molecule is C=C(C(F)F)C(CO)NCC(F)F. The second-order valence-corrected chi connectivity index (χ2v) is 2.41. The van der Waals surface area contributed by atoms with Crippen molar-refractivity contribution in [2.75, 3.05) is 13.2 Å². The third-order valence-electron chi connectivity index (χ3n) is 1.43. The minimum atomic E-state index is -2.82. The smallest absolute Gasteiger partial charge is 0.261 e. The maximum Gasteiger partial charge on any atom is 0.261 e. The van der Waals surface area contributed by atoms with Gasteiger partial charge in [-0.25, -0.2) is 17.6 Å². The molecule has 2 nitrogen and oxygen atoms in total. The van der Waals surface area contributed by atoms with Crippen LogP contribution >= 0.6 is 0 Å². The van der Waals surface area contributed by atoms with Gasteiger partial charge in [-0.1, -0.05) is 6.58 Å². The summed E-state index contributed by atoms with van der Waals surface area (Å²) >= 11 is 0. The molecular weight excluding hydrogens is 190 g/mol. The molecule has 1 unspecified atom stereocenters. The van der Waals surface area contributed by atoms with E-state index in [1.807, 2.05) is 0 Å². The van der Waals surface area contributed by atoms with E-state index in [1.165, 1.54) is 0 Å². The van der Waals surface area contributed by atoms with E-state index in [-0.39, 0.29) is 0 Å². The molecule has 0 aliphatic heterocycles. The number of rotatable bonds is 6. The number of aliphatic hydroxyl groups excluding tert-OH is 1. The molecule has 2 N–H and O–H groups in total. The van der Waals surface area contributed by atoms with Crippen LogP contribution in [0.2, 0.25) is 0 Å². The molecule has 0 radical (unpaired) electrons. The Hall–Kier alpha value is -0.620. The standard InChI is InChI=1S/C7H11F4NO/c1-4(7(10)11)5(3-13)12-2-6(8)9/h5-7,12-13H,1-3H2. The summed E-state index contributed by atoms with van der Waals surface area (Å²) in [6.45, 7) is 1.58. The molecule has 0 bridgehead atoms. The Bertz CT molecular complexity index is 163. The normalized spacial score (nSPS) is 13.8. The quantitative estimate of drug-likeness (QED) is 0.496. The van der Waals surface area contributed by atoms with Crippen LogP contribution in [0.25, 0.3) is 0 Å². The monoisotopic (exact) mass is 201 g/mol. The Balaban J connectivity index is 3.95. The summed E-state index contributed by atoms with van der Waals surface area (Å²) in [5.74, 6) is 0. The average molecular weight is 201 g/mol. The third-order valence-corrected chi connectivity index (χ3v) is 1.43. The summed E-state index contributed by atoms with van der Waals surface area (Å²) in [6.07, 6.45) is -5.46. The van der Waals surface area contributed by atoms with Gasteiger partial charge in [0.25, 0.3) is 12.9 Å². The van der Waals surface area contributed by atoms with Gasteiger partial charge in [-0.2, -0.15) is 0 Å². The van der Waals surface area contributed by atoms with Crippen LogP contribution in [-0.4, -0.2) is 37.2 Å². The highest BCUT2D eigenvalue weighted by Crippen LogP contribution is 2.10. The Morgan fingerprint density at radius 1 is 1.31 bits per heavy atom. The van der Waals surface area contributed by atoms with Gasteiger partial charge in [0.2, 0.25) is 0 Å². The van der Waals surface area contributed by atoms with Gasteiger partial charge in [-0.15, -0.1) is 0 Å². The predicted octanol–water partition coefficient (Wildman–Crippen LogP) is 1.02. The van der Waals surface area contributed by atoms with E-state index in [1.54, 1.807) is 0 Å². The van der Waals surface area contributed by atoms with Crippen LogP contribution in [-0.2, 0) is 0 Å². The molecule has 0 aliphatic carbocycles. The van der Waals surface area contributed by atoms with Crippen LogP contribution in [0.1, 0.15) is 0 Å². The first-order chi connectivity index (χ1) is 5.99. The molecule has 0 amide bonds. The van der Waals surface area contributed by atoms with Gasteiger partial charge in [-0.3, -0.25) is 0 Å². The topological polar surface area (TPSA) is 32.3 Å². The summed E-state index contributed by atoms with van der Waals surface area (Å²) in [6, 6.07) is -1.17. The Labute approximate surface area is 73.2 Å². The van der Waals surface area contributed by atoms with E-state index < -0.39 is 37.6 Å². The van der Waals surface area contributed by atoms with E-state index >= 15 is 0 Å². The maximum absolute atomic E-state index is 12.0. The van der Waals surface area contributed by atoms with Crippen LogP contribution in [0.4, 0.5) is 17.6 Å². The maximum atomic E-state index is 12.0. The van der Waals surface area contributed by atoms with E-state index in [4.69, 9.17) is 5.11 Å². The van der Waals surface area contributed by atoms with Crippen LogP contribution in [0.5, 0.6) is 0 Å². The van der Waals surface area contributed by atoms with E-state index in [9.17, 15) is 17.6 Å². The van der Waals surface area contributed by atoms with Gasteiger partial charge in [-0.05, 0) is 0 Å². The predicted molar refractivity (Wildman–Crippen MR) is 40.0 cm³/mol. The van der Waals surface area contributed by atoms with Crippen LogP contribution in [0.15, 0.2) is 12.2 Å². The fourth-order valence-electron chi connectivity index (χ4n) is 0.696. The number of halogens is 4. The minimum Gasteiger partial charge on any atom is -0.394 e. The molecule has 0 rings (SSSR count). The van der Waals surface area contributed by atoms with Gasteiger partial charge >= 0.3 is 0 Å². The highest BCUT2D eigenvalue weighted by atomic mass is 19.3. The lowest BCUT2D eigenvalue weighted by molar-refractivity contribution is 0.126. The number of aliphatic hydroxyl groups is 1. The number of hydrogen-bond acceptors (Lipinski definition) is 2. The molecule has 0 aromatic heterocycles. The van der Waals surface area contributed by atoms with Crippen molar-refractivity contribution in [2.45, 2.75) is 18.9 Å². The van der Waals surface area contributed by atoms with Crippen molar-refractivity contribution in [1.29, 1.82) is 0 Å². The van der Waals surface area contributed by atoms with E-state index in [0.29, 0.717) is 0 Å². The molecule has 78 valence electrons. The molecule has 6 heteroatoms. The fraction of sp³-hybridized carbons (Fsp3) is 0.714. The zero-order valence-electron chi connectivity index (χ0n) is 6.81. The van der Waals surface area contributed by atoms with Crippen molar-refractivity contribution in [3.8, 4) is 0 Å². The Morgan fingerprint density at radius 3 is 2.15 bits per heavy atom. The van der Waals surface area contributed by atoms with Crippen LogP contribution in [0, 0.1) is 0 Å². The number of nitrogens with one attached hydrogen (secondary N) is 1. The molecular formula is C7H11F4NO. The van der Waals surface area contributed by atoms with E-state index in [0.717, 1.165) is 0 Å². The summed E-state index contributed by atoms with van der Waals surface area (Å²) < 4.78 is 47.2. The lowest BCUT2D eigenvalue weighted by atomic mass is 10.1. The first kappa shape index (κ1) is 12.4. The van der Waals surface area contributed by atoms with Gasteiger partial charge in [0.05, 0.1) is 19.2 Å². The zero-order chi connectivity index (χ0) is 10.4. The molecule has 0 saturated carbocycles. The first-order valence-electron chi connectivity index (χ1n) is 3.58. The fourth-order valence-corrected chi connectivity index (χ4v) is 0.696. The molecule has 0 aromatic rings. The zero-order valence-corrected chi connectivity index (χ0v) is 6.81. The molecule has 0 heterocycles. The molecule has 0 spiro atoms. The van der Waals surface area contributed by atoms with Gasteiger partial charge in [0.15, 0.2) is 0 Å². The molecule has 1 atom stereocenters. The summed E-state index contributed by atoms with van der Waals surface area (Å²) in [5.41, 5.74) is -0.580. The Kier molecular flexibility index (Phi) is 5.65. The number of alkyl halides is 4. The summed E-state index contributed by atoms with van der Waals surface area (Å²) in [5, 5.41) is 10.6. The molecule has 0 saturated heterocycles. The average Bonchev–Trinajstić information content (AvgIpc) is 2.04. The highest BCUT2D eigenvalue weighted by Gasteiger charge is 2.19. The molecule has 0 fully saturated rings. The van der Waals surface area contributed by atoms with Crippen molar-refractivity contribution in [1.82, 2.24) is 5.32 Å². The van der Waals surface area contributed by atoms with E-state index in [2.05, 4.69) is 11.9 Å². The van der Waals surface area contributed by atoms with Crippen molar-refractivity contribution >= 4 is 0 Å². The van der Waals surface area contributed by atoms with Crippen molar-refractivity contribution in [3.05, 3.63) is 12.2 Å². The molecule has 13 heavy (non-hydrogen) atoms. The van der Waals surface area contributed by atoms with Crippen molar-refractivity contribution in [3.63, 3.8) is 0 Å². The van der Waals surface area contributed by atoms with Crippen LogP contribution < -0.4 is 5.32 Å². The van der Waals surface area contributed by atoms with Crippen molar-refractivity contribution in [2.24, 2.45) is 0 Å². The van der Waals surface area contributed by atoms with Gasteiger partial charge in [0, 0.05) is 5.57 Å². The van der Waals surface area contributed by atoms with Gasteiger partial charge in [0.1, 0.15) is 0 Å². The Morgan fingerprint density at radius 2 is 1.85 bits per heavy atom. The van der Waals surface area contributed by atoms with Crippen LogP contribution in [0.3, 0.4) is 0 Å². The first-order valence-corrected chi connectivity index (χ1v) is 3.58. The molecule has 0 aromatic carbocycles. The van der Waals surface area contributed by atoms with Gasteiger partial charge < -0.3 is 10.4 Å². The minimum absolute atomic E-state index is 0.580. The second-order valence-electron chi connectivity index (χ2n) is 2.41. The van der Waals surface area contributed by atoms with Crippen molar-refractivity contribution < 1.29 is 22.7 Å². The summed E-state index contributed by atoms with van der Waals surface area (Å²) in [7, 11) is 0. The highest BCUT2D eigenvalue weighted by molar-refractivity contribution is 5.08. The number of hydrogen-bond donors (Lipinski definition) is 2. The third kappa shape index (κ3) is 4.84. The lowest BCUT2D eigenvalue weighted by Crippen LogP contribution is -2.38. The summed E-state index contributed by atoms with van der Waals surface area (Å²) in [4.78, 5) is 0. The molecule has 0 aliphatic rings. The lowest BCUT2D eigenvalue weighted by Gasteiger charge is -2.17.